The van der Waals surface area contributed by atoms with Gasteiger partial charge in [0.1, 0.15) is 16.9 Å². The van der Waals surface area contributed by atoms with Gasteiger partial charge in [0.05, 0.1) is 36.1 Å². The van der Waals surface area contributed by atoms with Crippen LogP contribution in [0.2, 0.25) is 0 Å². The molecule has 0 saturated heterocycles. The minimum Gasteiger partial charge on any atom is -0.507 e. The molecular weight excluding hydrogens is 280 g/mol. The van der Waals surface area contributed by atoms with Crippen molar-refractivity contribution in [2.75, 3.05) is 0 Å². The Hall–Kier alpha value is -2.96. The SMILES string of the molecule is O=C(O)Cc1coc2c1c(O)cc1occ(CC(=O)O)c12. The van der Waals surface area contributed by atoms with Gasteiger partial charge >= 0.3 is 11.9 Å². The van der Waals surface area contributed by atoms with Gasteiger partial charge in [-0.15, -0.1) is 0 Å². The molecule has 7 heteroatoms. The van der Waals surface area contributed by atoms with E-state index in [9.17, 15) is 14.7 Å². The number of hydrogen-bond donors (Lipinski definition) is 3. The van der Waals surface area contributed by atoms with Crippen molar-refractivity contribution in [3.05, 3.63) is 29.7 Å². The molecule has 7 nitrogen and oxygen atoms in total. The van der Waals surface area contributed by atoms with E-state index in [1.807, 2.05) is 0 Å². The van der Waals surface area contributed by atoms with E-state index in [2.05, 4.69) is 0 Å². The second-order valence-corrected chi connectivity index (χ2v) is 4.64. The molecule has 0 aliphatic rings. The van der Waals surface area contributed by atoms with Gasteiger partial charge in [0, 0.05) is 17.2 Å². The van der Waals surface area contributed by atoms with E-state index < -0.39 is 11.9 Å². The van der Waals surface area contributed by atoms with Crippen LogP contribution < -0.4 is 0 Å². The lowest BCUT2D eigenvalue weighted by molar-refractivity contribution is -0.137. The number of rotatable bonds is 4. The lowest BCUT2D eigenvalue weighted by Crippen LogP contribution is -1.99. The van der Waals surface area contributed by atoms with Gasteiger partial charge < -0.3 is 24.2 Å². The first-order valence-corrected chi connectivity index (χ1v) is 6.03. The highest BCUT2D eigenvalue weighted by atomic mass is 16.4. The molecule has 2 heterocycles. The third kappa shape index (κ3) is 2.08. The molecule has 3 rings (SSSR count). The second-order valence-electron chi connectivity index (χ2n) is 4.64. The monoisotopic (exact) mass is 290 g/mol. The number of carbonyl (C=O) groups is 2. The van der Waals surface area contributed by atoms with Gasteiger partial charge in [0.25, 0.3) is 0 Å². The van der Waals surface area contributed by atoms with Gasteiger partial charge in [-0.25, -0.2) is 0 Å². The van der Waals surface area contributed by atoms with E-state index in [1.165, 1.54) is 18.6 Å². The number of benzene rings is 1. The molecule has 0 atom stereocenters. The second kappa shape index (κ2) is 4.55. The Balaban J connectivity index is 2.31. The van der Waals surface area contributed by atoms with Crippen LogP contribution in [0.1, 0.15) is 11.1 Å². The largest absolute Gasteiger partial charge is 0.507 e. The number of hydrogen-bond acceptors (Lipinski definition) is 5. The van der Waals surface area contributed by atoms with Crippen molar-refractivity contribution in [3.63, 3.8) is 0 Å². The number of phenols is 1. The molecule has 0 bridgehead atoms. The van der Waals surface area contributed by atoms with E-state index in [-0.39, 0.29) is 35.1 Å². The molecule has 0 amide bonds. The highest BCUT2D eigenvalue weighted by Crippen LogP contribution is 2.39. The summed E-state index contributed by atoms with van der Waals surface area (Å²) >= 11 is 0. The fourth-order valence-corrected chi connectivity index (χ4v) is 2.42. The zero-order valence-corrected chi connectivity index (χ0v) is 10.6. The molecule has 0 radical (unpaired) electrons. The van der Waals surface area contributed by atoms with Gasteiger partial charge in [-0.1, -0.05) is 0 Å². The van der Waals surface area contributed by atoms with Gasteiger partial charge in [0.15, 0.2) is 0 Å². The standard InChI is InChI=1S/C14H10O7/c15-8-3-9-13(7(4-20-9)2-11(18)19)14-12(8)6(5-21-14)1-10(16)17/h3-5,15H,1-2H2,(H,16,17)(H,18,19). The first-order valence-electron chi connectivity index (χ1n) is 6.03. The van der Waals surface area contributed by atoms with E-state index in [0.29, 0.717) is 16.5 Å². The van der Waals surface area contributed by atoms with Crippen molar-refractivity contribution in [1.82, 2.24) is 0 Å². The maximum absolute atomic E-state index is 10.9. The van der Waals surface area contributed by atoms with Crippen molar-refractivity contribution in [3.8, 4) is 5.75 Å². The van der Waals surface area contributed by atoms with Crippen LogP contribution in [0.15, 0.2) is 27.4 Å². The Morgan fingerprint density at radius 3 is 2.14 bits per heavy atom. The molecule has 0 spiro atoms. The average Bonchev–Trinajstić information content (AvgIpc) is 2.93. The first kappa shape index (κ1) is 13.0. The van der Waals surface area contributed by atoms with Crippen molar-refractivity contribution in [2.45, 2.75) is 12.8 Å². The van der Waals surface area contributed by atoms with Crippen LogP contribution in [0.4, 0.5) is 0 Å². The fraction of sp³-hybridized carbons (Fsp3) is 0.143. The van der Waals surface area contributed by atoms with Gasteiger partial charge in [-0.3, -0.25) is 9.59 Å². The lowest BCUT2D eigenvalue weighted by atomic mass is 10.0. The normalized spacial score (nSPS) is 11.2. The van der Waals surface area contributed by atoms with Gasteiger partial charge in [-0.2, -0.15) is 0 Å². The Kier molecular flexibility index (Phi) is 2.83. The molecule has 0 aliphatic heterocycles. The molecule has 1 aromatic carbocycles. The molecule has 3 aromatic rings. The summed E-state index contributed by atoms with van der Waals surface area (Å²) in [4.78, 5) is 21.7. The Labute approximate surface area is 117 Å². The zero-order valence-electron chi connectivity index (χ0n) is 10.6. The minimum atomic E-state index is -1.06. The van der Waals surface area contributed by atoms with Gasteiger partial charge in [-0.05, 0) is 0 Å². The van der Waals surface area contributed by atoms with Crippen molar-refractivity contribution in [2.24, 2.45) is 0 Å². The highest BCUT2D eigenvalue weighted by molar-refractivity contribution is 6.09. The first-order chi connectivity index (χ1) is 9.97. The number of carboxylic acid groups (broad SMARTS) is 2. The quantitative estimate of drug-likeness (QED) is 0.672. The zero-order chi connectivity index (χ0) is 15.1. The average molecular weight is 290 g/mol. The van der Waals surface area contributed by atoms with E-state index in [4.69, 9.17) is 19.0 Å². The number of fused-ring (bicyclic) bond motifs is 3. The van der Waals surface area contributed by atoms with Gasteiger partial charge in [0.2, 0.25) is 0 Å². The fourth-order valence-electron chi connectivity index (χ4n) is 2.42. The number of furan rings is 2. The summed E-state index contributed by atoms with van der Waals surface area (Å²) in [5, 5.41) is 28.5. The van der Waals surface area contributed by atoms with Crippen LogP contribution in [0, 0.1) is 0 Å². The van der Waals surface area contributed by atoms with Crippen molar-refractivity contribution < 1.29 is 33.7 Å². The number of phenolic OH excluding ortho intramolecular Hbond substituents is 1. The smallest absolute Gasteiger partial charge is 0.307 e. The molecule has 2 aromatic heterocycles. The Morgan fingerprint density at radius 2 is 1.52 bits per heavy atom. The predicted molar refractivity (Wildman–Crippen MR) is 70.3 cm³/mol. The summed E-state index contributed by atoms with van der Waals surface area (Å²) in [5.74, 6) is -2.26. The van der Waals surface area contributed by atoms with Crippen LogP contribution in [-0.2, 0) is 22.4 Å². The molecule has 21 heavy (non-hydrogen) atoms. The topological polar surface area (TPSA) is 121 Å². The van der Waals surface area contributed by atoms with Crippen LogP contribution in [0.5, 0.6) is 5.75 Å². The Morgan fingerprint density at radius 1 is 0.952 bits per heavy atom. The molecule has 0 unspecified atom stereocenters. The molecular formula is C14H10O7. The van der Waals surface area contributed by atoms with E-state index >= 15 is 0 Å². The Bertz CT molecular complexity index is 868. The predicted octanol–water partition coefficient (Wildman–Crippen LogP) is 2.14. The maximum atomic E-state index is 10.9. The summed E-state index contributed by atoms with van der Waals surface area (Å²) in [6.07, 6.45) is 1.96. The molecule has 3 N–H and O–H groups in total. The van der Waals surface area contributed by atoms with E-state index in [1.54, 1.807) is 0 Å². The van der Waals surface area contributed by atoms with Crippen molar-refractivity contribution in [1.29, 1.82) is 0 Å². The summed E-state index contributed by atoms with van der Waals surface area (Å²) in [7, 11) is 0. The third-order valence-corrected chi connectivity index (χ3v) is 3.20. The number of aliphatic carboxylic acids is 2. The van der Waals surface area contributed by atoms with Crippen LogP contribution in [-0.4, -0.2) is 27.3 Å². The highest BCUT2D eigenvalue weighted by Gasteiger charge is 2.21. The molecule has 0 aliphatic carbocycles. The third-order valence-electron chi connectivity index (χ3n) is 3.20. The summed E-state index contributed by atoms with van der Waals surface area (Å²) in [5.41, 5.74) is 1.23. The summed E-state index contributed by atoms with van der Waals surface area (Å²) < 4.78 is 10.6. The number of aromatic hydroxyl groups is 1. The molecule has 108 valence electrons. The maximum Gasteiger partial charge on any atom is 0.307 e. The van der Waals surface area contributed by atoms with Crippen LogP contribution in [0.3, 0.4) is 0 Å². The summed E-state index contributed by atoms with van der Waals surface area (Å²) in [6.45, 7) is 0. The number of carboxylic acids is 2. The van der Waals surface area contributed by atoms with E-state index in [0.717, 1.165) is 0 Å². The summed E-state index contributed by atoms with van der Waals surface area (Å²) in [6, 6.07) is 1.32. The minimum absolute atomic E-state index is 0.168. The van der Waals surface area contributed by atoms with Crippen LogP contribution >= 0.6 is 0 Å². The molecule has 0 fully saturated rings. The molecule has 0 saturated carbocycles. The lowest BCUT2D eigenvalue weighted by Gasteiger charge is -2.00. The van der Waals surface area contributed by atoms with Crippen molar-refractivity contribution >= 4 is 33.9 Å². The van der Waals surface area contributed by atoms with Crippen LogP contribution in [0.25, 0.3) is 21.9 Å².